The Balaban J connectivity index is 2.42. The first kappa shape index (κ1) is 6.45. The second-order valence-corrected chi connectivity index (χ2v) is 5.85. The molecule has 0 saturated carbocycles. The zero-order valence-electron chi connectivity index (χ0n) is 6.00. The van der Waals surface area contributed by atoms with Gasteiger partial charge in [0.05, 0.1) is 0 Å². The van der Waals surface area contributed by atoms with E-state index in [4.69, 9.17) is 0 Å². The summed E-state index contributed by atoms with van der Waals surface area (Å²) in [6.07, 6.45) is 1.32. The van der Waals surface area contributed by atoms with Gasteiger partial charge in [-0.2, -0.15) is 0 Å². The van der Waals surface area contributed by atoms with Crippen molar-refractivity contribution < 1.29 is 0 Å². The molecule has 1 unspecified atom stereocenters. The average molecular weight is 197 g/mol. The van der Waals surface area contributed by atoms with Crippen LogP contribution in [-0.2, 0) is 6.42 Å². The maximum atomic E-state index is 2.35. The molecular formula is C9H10Se. The van der Waals surface area contributed by atoms with Gasteiger partial charge in [0.25, 0.3) is 0 Å². The third kappa shape index (κ3) is 1.00. The minimum atomic E-state index is 0.761. The Morgan fingerprint density at radius 1 is 1.40 bits per heavy atom. The summed E-state index contributed by atoms with van der Waals surface area (Å²) in [5.41, 5.74) is 1.59. The Kier molecular flexibility index (Phi) is 1.55. The zero-order valence-corrected chi connectivity index (χ0v) is 7.72. The molecule has 0 saturated heterocycles. The predicted octanol–water partition coefficient (Wildman–Crippen LogP) is 1.38. The van der Waals surface area contributed by atoms with Crippen LogP contribution in [0, 0.1) is 0 Å². The van der Waals surface area contributed by atoms with Gasteiger partial charge in [-0.15, -0.1) is 0 Å². The van der Waals surface area contributed by atoms with E-state index in [-0.39, 0.29) is 0 Å². The van der Waals surface area contributed by atoms with Crippen molar-refractivity contribution in [1.82, 2.24) is 0 Å². The van der Waals surface area contributed by atoms with Crippen LogP contribution in [-0.4, -0.2) is 15.0 Å². The van der Waals surface area contributed by atoms with E-state index in [0.717, 1.165) is 19.8 Å². The van der Waals surface area contributed by atoms with E-state index in [1.165, 1.54) is 6.42 Å². The molecule has 0 aliphatic carbocycles. The van der Waals surface area contributed by atoms with Crippen molar-refractivity contribution in [2.24, 2.45) is 0 Å². The summed E-state index contributed by atoms with van der Waals surface area (Å²) in [7, 11) is 0. The second-order valence-electron chi connectivity index (χ2n) is 2.74. The van der Waals surface area contributed by atoms with E-state index >= 15 is 0 Å². The Bertz CT molecular complexity index is 217. The van der Waals surface area contributed by atoms with Crippen LogP contribution in [0.3, 0.4) is 0 Å². The molecule has 1 aromatic rings. The van der Waals surface area contributed by atoms with Gasteiger partial charge >= 0.3 is 67.4 Å². The molecule has 0 nitrogen and oxygen atoms in total. The fraction of sp³-hybridized carbons (Fsp3) is 0.333. The monoisotopic (exact) mass is 198 g/mol. The van der Waals surface area contributed by atoms with Crippen LogP contribution in [0.2, 0.25) is 4.82 Å². The summed E-state index contributed by atoms with van der Waals surface area (Å²) in [5.74, 6) is 0. The van der Waals surface area contributed by atoms with Gasteiger partial charge in [-0.05, 0) is 0 Å². The summed E-state index contributed by atoms with van der Waals surface area (Å²) in [4.78, 5) is 0.935. The molecule has 1 atom stereocenters. The Morgan fingerprint density at radius 3 is 3.00 bits per heavy atom. The van der Waals surface area contributed by atoms with Crippen LogP contribution < -0.4 is 4.46 Å². The third-order valence-electron chi connectivity index (χ3n) is 1.81. The Hall–Kier alpha value is -0.261. The van der Waals surface area contributed by atoms with E-state index in [2.05, 4.69) is 31.2 Å². The summed E-state index contributed by atoms with van der Waals surface area (Å²) in [6.45, 7) is 2.35. The summed E-state index contributed by atoms with van der Waals surface area (Å²) in [5, 5.41) is 0. The average Bonchev–Trinajstić information content (AvgIpc) is 2.27. The SMILES string of the molecule is CC1Cc2ccccc2[Se]1. The maximum absolute atomic E-state index is 2.35. The van der Waals surface area contributed by atoms with Gasteiger partial charge in [-0.1, -0.05) is 0 Å². The Labute approximate surface area is 67.8 Å². The van der Waals surface area contributed by atoms with Crippen LogP contribution >= 0.6 is 0 Å². The van der Waals surface area contributed by atoms with Crippen LogP contribution in [0.1, 0.15) is 12.5 Å². The number of hydrogen-bond donors (Lipinski definition) is 0. The van der Waals surface area contributed by atoms with Gasteiger partial charge in [0.15, 0.2) is 0 Å². The molecule has 1 aliphatic rings. The summed E-state index contributed by atoms with van der Waals surface area (Å²) >= 11 is 0.761. The molecule has 0 fully saturated rings. The quantitative estimate of drug-likeness (QED) is 0.551. The molecule has 10 heavy (non-hydrogen) atoms. The van der Waals surface area contributed by atoms with Gasteiger partial charge in [0.2, 0.25) is 0 Å². The molecule has 52 valence electrons. The van der Waals surface area contributed by atoms with E-state index in [9.17, 15) is 0 Å². The van der Waals surface area contributed by atoms with Crippen LogP contribution in [0.25, 0.3) is 0 Å². The van der Waals surface area contributed by atoms with Crippen molar-refractivity contribution in [3.05, 3.63) is 29.8 Å². The minimum absolute atomic E-state index is 0.761. The van der Waals surface area contributed by atoms with Crippen molar-refractivity contribution in [2.45, 2.75) is 18.2 Å². The van der Waals surface area contributed by atoms with Crippen LogP contribution in [0.15, 0.2) is 24.3 Å². The molecule has 1 aliphatic heterocycles. The van der Waals surface area contributed by atoms with Gasteiger partial charge in [0.1, 0.15) is 0 Å². The topological polar surface area (TPSA) is 0 Å². The fourth-order valence-electron chi connectivity index (χ4n) is 1.36. The molecule has 0 aromatic heterocycles. The second kappa shape index (κ2) is 2.41. The molecule has 0 amide bonds. The molecule has 0 spiro atoms. The number of hydrogen-bond acceptors (Lipinski definition) is 0. The van der Waals surface area contributed by atoms with Gasteiger partial charge in [-0.25, -0.2) is 0 Å². The standard InChI is InChI=1S/C9H10Se/c1-7-6-8-4-2-3-5-9(8)10-7/h2-5,7H,6H2,1H3. The molecule has 0 radical (unpaired) electrons. The number of rotatable bonds is 0. The molecular weight excluding hydrogens is 187 g/mol. The number of benzene rings is 1. The van der Waals surface area contributed by atoms with E-state index < -0.39 is 0 Å². The number of fused-ring (bicyclic) bond motifs is 1. The van der Waals surface area contributed by atoms with Crippen molar-refractivity contribution in [2.75, 3.05) is 0 Å². The van der Waals surface area contributed by atoms with Gasteiger partial charge in [-0.3, -0.25) is 0 Å². The zero-order chi connectivity index (χ0) is 6.97. The fourth-order valence-corrected chi connectivity index (χ4v) is 3.78. The van der Waals surface area contributed by atoms with Gasteiger partial charge in [0, 0.05) is 0 Å². The van der Waals surface area contributed by atoms with Crippen molar-refractivity contribution in [1.29, 1.82) is 0 Å². The van der Waals surface area contributed by atoms with Gasteiger partial charge < -0.3 is 0 Å². The molecule has 1 aromatic carbocycles. The van der Waals surface area contributed by atoms with Crippen LogP contribution in [0.4, 0.5) is 0 Å². The first-order chi connectivity index (χ1) is 4.86. The predicted molar refractivity (Wildman–Crippen MR) is 45.0 cm³/mol. The van der Waals surface area contributed by atoms with Crippen LogP contribution in [0.5, 0.6) is 0 Å². The van der Waals surface area contributed by atoms with Crippen molar-refractivity contribution >= 4 is 19.4 Å². The molecule has 1 heterocycles. The van der Waals surface area contributed by atoms with Crippen molar-refractivity contribution in [3.8, 4) is 0 Å². The van der Waals surface area contributed by atoms with E-state index in [0.29, 0.717) is 0 Å². The molecule has 0 bridgehead atoms. The first-order valence-corrected chi connectivity index (χ1v) is 5.45. The summed E-state index contributed by atoms with van der Waals surface area (Å²) in [6, 6.07) is 8.84. The van der Waals surface area contributed by atoms with E-state index in [1.54, 1.807) is 10.0 Å². The van der Waals surface area contributed by atoms with E-state index in [1.807, 2.05) is 0 Å². The molecule has 0 N–H and O–H groups in total. The first-order valence-electron chi connectivity index (χ1n) is 3.61. The summed E-state index contributed by atoms with van der Waals surface area (Å²) < 4.78 is 1.63. The molecule has 2 rings (SSSR count). The Morgan fingerprint density at radius 2 is 2.20 bits per heavy atom. The molecule has 1 heteroatoms. The van der Waals surface area contributed by atoms with Crippen molar-refractivity contribution in [3.63, 3.8) is 0 Å². The normalized spacial score (nSPS) is 22.7. The third-order valence-corrected chi connectivity index (χ3v) is 4.37.